The zero-order valence-corrected chi connectivity index (χ0v) is 22.4. The predicted molar refractivity (Wildman–Crippen MR) is 140 cm³/mol. The second-order valence-corrected chi connectivity index (χ2v) is 12.1. The fourth-order valence-corrected chi connectivity index (χ4v) is 4.96. The number of anilines is 1. The fourth-order valence-electron chi connectivity index (χ4n) is 3.98. The van der Waals surface area contributed by atoms with E-state index in [9.17, 15) is 21.6 Å². The highest BCUT2D eigenvalue weighted by atomic mass is 32.2. The van der Waals surface area contributed by atoms with Crippen molar-refractivity contribution in [1.29, 1.82) is 0 Å². The van der Waals surface area contributed by atoms with E-state index in [1.54, 1.807) is 23.1 Å². The minimum atomic E-state index is -4.14. The van der Waals surface area contributed by atoms with Crippen LogP contribution in [0.3, 0.4) is 0 Å². The Balaban J connectivity index is 1.70. The van der Waals surface area contributed by atoms with Gasteiger partial charge in [0.1, 0.15) is 12.1 Å². The van der Waals surface area contributed by atoms with Crippen LogP contribution in [-0.2, 0) is 31.6 Å². The maximum atomic E-state index is 11.1. The molecule has 0 fully saturated rings. The molecule has 0 aliphatic rings. The number of oxazole rings is 1. The van der Waals surface area contributed by atoms with E-state index in [-0.39, 0.29) is 32.4 Å². The van der Waals surface area contributed by atoms with Gasteiger partial charge < -0.3 is 14.4 Å². The zero-order valence-electron chi connectivity index (χ0n) is 20.8. The van der Waals surface area contributed by atoms with Crippen LogP contribution in [0, 0.1) is 0 Å². The Kier molecular flexibility index (Phi) is 10.2. The van der Waals surface area contributed by atoms with Gasteiger partial charge in [0.05, 0.1) is 11.5 Å². The van der Waals surface area contributed by atoms with Gasteiger partial charge in [0.25, 0.3) is 20.2 Å². The SMILES string of the molecule is O=C(O)CCCCC[n+]1ccc(-c2nc3ccc(N(CCCS(=O)(=O)O)CCCS(=O)(=O)O)cc3o2)cc1. The number of rotatable bonds is 16. The van der Waals surface area contributed by atoms with Gasteiger partial charge in [-0.3, -0.25) is 13.9 Å². The minimum absolute atomic E-state index is 0.119. The van der Waals surface area contributed by atoms with E-state index in [2.05, 4.69) is 4.98 Å². The molecule has 0 saturated heterocycles. The van der Waals surface area contributed by atoms with Crippen LogP contribution in [-0.4, -0.2) is 66.6 Å². The molecule has 3 N–H and O–H groups in total. The van der Waals surface area contributed by atoms with Crippen molar-refractivity contribution >= 4 is 43.0 Å². The number of aryl methyl sites for hydroxylation is 1. The van der Waals surface area contributed by atoms with E-state index < -0.39 is 37.7 Å². The summed E-state index contributed by atoms with van der Waals surface area (Å²) >= 11 is 0. The van der Waals surface area contributed by atoms with Gasteiger partial charge in [-0.25, -0.2) is 9.55 Å². The predicted octanol–water partition coefficient (Wildman–Crippen LogP) is 2.79. The summed E-state index contributed by atoms with van der Waals surface area (Å²) in [4.78, 5) is 16.9. The second kappa shape index (κ2) is 13.1. The lowest BCUT2D eigenvalue weighted by molar-refractivity contribution is -0.697. The highest BCUT2D eigenvalue weighted by Gasteiger charge is 2.15. The standard InChI is InChI=1S/C24H31N3O9S2/c28-23(29)6-2-1-3-11-26-14-9-19(10-15-26)24-25-21-8-7-20(18-22(21)36-24)27(12-4-16-37(30,31)32)13-5-17-38(33,34)35/h7-10,14-15,18H,1-6,11-13,16-17H2,(H2-,28,29,30,31,32,33,34,35)/p+1. The third-order valence-electron chi connectivity index (χ3n) is 5.84. The molecule has 0 radical (unpaired) electrons. The molecule has 0 aliphatic heterocycles. The molecule has 208 valence electrons. The fraction of sp³-hybridized carbons (Fsp3) is 0.458. The highest BCUT2D eigenvalue weighted by molar-refractivity contribution is 7.86. The maximum Gasteiger partial charge on any atom is 0.303 e. The third-order valence-corrected chi connectivity index (χ3v) is 7.45. The minimum Gasteiger partial charge on any atom is -0.481 e. The van der Waals surface area contributed by atoms with Crippen molar-refractivity contribution in [3.63, 3.8) is 0 Å². The maximum absolute atomic E-state index is 11.1. The molecule has 1 aromatic carbocycles. The molecule has 2 aromatic heterocycles. The summed E-state index contributed by atoms with van der Waals surface area (Å²) in [6.45, 7) is 1.22. The zero-order chi connectivity index (χ0) is 27.8. The molecule has 0 saturated carbocycles. The van der Waals surface area contributed by atoms with Crippen LogP contribution in [0.1, 0.15) is 38.5 Å². The quantitative estimate of drug-likeness (QED) is 0.131. The van der Waals surface area contributed by atoms with Gasteiger partial charge in [0, 0.05) is 55.4 Å². The summed E-state index contributed by atoms with van der Waals surface area (Å²) in [5, 5.41) is 8.71. The molecule has 2 heterocycles. The smallest absolute Gasteiger partial charge is 0.303 e. The Morgan fingerprint density at radius 2 is 1.53 bits per heavy atom. The summed E-state index contributed by atoms with van der Waals surface area (Å²) in [6, 6.07) is 8.99. The van der Waals surface area contributed by atoms with Crippen molar-refractivity contribution in [2.24, 2.45) is 0 Å². The summed E-state index contributed by atoms with van der Waals surface area (Å²) in [7, 11) is -8.27. The average molecular weight is 571 g/mol. The highest BCUT2D eigenvalue weighted by Crippen LogP contribution is 2.27. The Morgan fingerprint density at radius 3 is 2.11 bits per heavy atom. The van der Waals surface area contributed by atoms with Crippen molar-refractivity contribution in [3.8, 4) is 11.5 Å². The number of hydrogen-bond acceptors (Lipinski definition) is 8. The number of benzene rings is 1. The first-order valence-electron chi connectivity index (χ1n) is 12.2. The Hall–Kier alpha value is -3.07. The van der Waals surface area contributed by atoms with Gasteiger partial charge in [0.15, 0.2) is 18.0 Å². The van der Waals surface area contributed by atoms with Gasteiger partial charge in [-0.05, 0) is 37.8 Å². The van der Waals surface area contributed by atoms with E-state index >= 15 is 0 Å². The van der Waals surface area contributed by atoms with E-state index in [1.165, 1.54) is 0 Å². The van der Waals surface area contributed by atoms with Crippen molar-refractivity contribution in [2.75, 3.05) is 29.5 Å². The molecule has 0 unspecified atom stereocenters. The molecule has 0 amide bonds. The summed E-state index contributed by atoms with van der Waals surface area (Å²) in [6.07, 6.45) is 6.57. The molecule has 38 heavy (non-hydrogen) atoms. The largest absolute Gasteiger partial charge is 0.481 e. The van der Waals surface area contributed by atoms with Gasteiger partial charge in [-0.1, -0.05) is 0 Å². The number of aliphatic carboxylic acids is 1. The number of carbonyl (C=O) groups is 1. The van der Waals surface area contributed by atoms with E-state index in [1.807, 2.05) is 29.1 Å². The van der Waals surface area contributed by atoms with Gasteiger partial charge in [0.2, 0.25) is 5.89 Å². The van der Waals surface area contributed by atoms with Crippen LogP contribution in [0.25, 0.3) is 22.6 Å². The first-order chi connectivity index (χ1) is 17.9. The molecule has 14 heteroatoms. The number of hydrogen-bond donors (Lipinski definition) is 3. The third kappa shape index (κ3) is 10.0. The average Bonchev–Trinajstić information content (AvgIpc) is 3.25. The van der Waals surface area contributed by atoms with Gasteiger partial charge >= 0.3 is 5.97 Å². The number of unbranched alkanes of at least 4 members (excludes halogenated alkanes) is 2. The molecular weight excluding hydrogens is 538 g/mol. The number of pyridine rings is 1. The number of nitrogens with zero attached hydrogens (tertiary/aromatic N) is 3. The van der Waals surface area contributed by atoms with Crippen LogP contribution in [0.4, 0.5) is 5.69 Å². The summed E-state index contributed by atoms with van der Waals surface area (Å²) in [5.74, 6) is -1.25. The number of carboxylic acid groups (broad SMARTS) is 1. The van der Waals surface area contributed by atoms with Crippen molar-refractivity contribution < 1.29 is 44.8 Å². The van der Waals surface area contributed by atoms with Gasteiger partial charge in [-0.15, -0.1) is 0 Å². The van der Waals surface area contributed by atoms with Crippen LogP contribution >= 0.6 is 0 Å². The number of aromatic nitrogens is 2. The molecule has 0 atom stereocenters. The Bertz CT molecular complexity index is 1400. The van der Waals surface area contributed by atoms with Crippen LogP contribution in [0.15, 0.2) is 47.1 Å². The van der Waals surface area contributed by atoms with E-state index in [4.69, 9.17) is 18.6 Å². The number of fused-ring (bicyclic) bond motifs is 1. The normalized spacial score (nSPS) is 12.2. The molecule has 0 aliphatic carbocycles. The van der Waals surface area contributed by atoms with Crippen LogP contribution in [0.5, 0.6) is 0 Å². The first-order valence-corrected chi connectivity index (χ1v) is 15.4. The second-order valence-electron chi connectivity index (χ2n) is 8.97. The lowest BCUT2D eigenvalue weighted by Crippen LogP contribution is -2.32. The molecule has 3 aromatic rings. The lowest BCUT2D eigenvalue weighted by Gasteiger charge is -2.24. The van der Waals surface area contributed by atoms with Crippen LogP contribution in [0.2, 0.25) is 0 Å². The first kappa shape index (κ1) is 29.5. The molecular formula is C24H32N3O9S2+. The molecule has 12 nitrogen and oxygen atoms in total. The van der Waals surface area contributed by atoms with E-state index in [0.29, 0.717) is 29.1 Å². The molecule has 0 spiro atoms. The Labute approximate surface area is 221 Å². The van der Waals surface area contributed by atoms with Crippen molar-refractivity contribution in [1.82, 2.24) is 4.98 Å². The van der Waals surface area contributed by atoms with Gasteiger partial charge in [-0.2, -0.15) is 16.8 Å². The topological polar surface area (TPSA) is 179 Å². The number of carboxylic acids is 1. The summed E-state index contributed by atoms with van der Waals surface area (Å²) in [5.41, 5.74) is 2.51. The Morgan fingerprint density at radius 1 is 0.895 bits per heavy atom. The summed E-state index contributed by atoms with van der Waals surface area (Å²) < 4.78 is 70.5. The molecule has 3 rings (SSSR count). The van der Waals surface area contributed by atoms with Crippen LogP contribution < -0.4 is 9.47 Å². The van der Waals surface area contributed by atoms with E-state index in [0.717, 1.165) is 24.9 Å². The van der Waals surface area contributed by atoms with Crippen molar-refractivity contribution in [2.45, 2.75) is 45.1 Å². The molecule has 0 bridgehead atoms. The lowest BCUT2D eigenvalue weighted by atomic mass is 10.2. The van der Waals surface area contributed by atoms with Crippen molar-refractivity contribution in [3.05, 3.63) is 42.7 Å². The monoisotopic (exact) mass is 570 g/mol.